The van der Waals surface area contributed by atoms with Crippen molar-refractivity contribution in [1.82, 2.24) is 0 Å². The van der Waals surface area contributed by atoms with Gasteiger partial charge in [-0.05, 0) is 19.3 Å². The van der Waals surface area contributed by atoms with Gasteiger partial charge in [0.25, 0.3) is 0 Å². The Morgan fingerprint density at radius 2 is 1.80 bits per heavy atom. The maximum Gasteiger partial charge on any atom is 0.0746 e. The van der Waals surface area contributed by atoms with E-state index in [0.29, 0.717) is 6.42 Å². The second kappa shape index (κ2) is 2.67. The van der Waals surface area contributed by atoms with Crippen LogP contribution in [0.4, 0.5) is 0 Å². The van der Waals surface area contributed by atoms with E-state index in [9.17, 15) is 10.2 Å². The van der Waals surface area contributed by atoms with Crippen LogP contribution in [0.3, 0.4) is 0 Å². The first-order valence-electron chi connectivity index (χ1n) is 5.77. The first kappa shape index (κ1) is 11.2. The van der Waals surface area contributed by atoms with Crippen LogP contribution in [0.5, 0.6) is 0 Å². The van der Waals surface area contributed by atoms with Crippen molar-refractivity contribution in [2.75, 3.05) is 0 Å². The van der Waals surface area contributed by atoms with Gasteiger partial charge < -0.3 is 10.2 Å². The Morgan fingerprint density at radius 1 is 1.27 bits per heavy atom. The van der Waals surface area contributed by atoms with Crippen molar-refractivity contribution in [1.29, 1.82) is 0 Å². The molecule has 86 valence electrons. The predicted molar refractivity (Wildman–Crippen MR) is 60.3 cm³/mol. The van der Waals surface area contributed by atoms with Crippen molar-refractivity contribution in [2.45, 2.75) is 45.3 Å². The first-order valence-corrected chi connectivity index (χ1v) is 5.77. The fourth-order valence-corrected chi connectivity index (χ4v) is 3.72. The van der Waals surface area contributed by atoms with Crippen molar-refractivity contribution in [2.24, 2.45) is 23.2 Å². The van der Waals surface area contributed by atoms with Crippen LogP contribution in [0.2, 0.25) is 0 Å². The zero-order valence-electron chi connectivity index (χ0n) is 10.1. The highest BCUT2D eigenvalue weighted by Crippen LogP contribution is 2.72. The van der Waals surface area contributed by atoms with E-state index in [1.54, 1.807) is 0 Å². The number of aliphatic hydroxyl groups is 2. The number of hydrogen-bond acceptors (Lipinski definition) is 2. The van der Waals surface area contributed by atoms with Crippen LogP contribution in [0.15, 0.2) is 12.7 Å². The van der Waals surface area contributed by atoms with Crippen molar-refractivity contribution in [3.8, 4) is 0 Å². The van der Waals surface area contributed by atoms with Gasteiger partial charge in [-0.3, -0.25) is 0 Å². The molecule has 0 aliphatic heterocycles. The number of hydrogen-bond donors (Lipinski definition) is 2. The third-order valence-electron chi connectivity index (χ3n) is 5.23. The normalized spacial score (nSPS) is 57.1. The van der Waals surface area contributed by atoms with Gasteiger partial charge in [-0.2, -0.15) is 0 Å². The van der Waals surface area contributed by atoms with Crippen LogP contribution in [-0.4, -0.2) is 21.4 Å². The molecule has 2 heteroatoms. The smallest absolute Gasteiger partial charge is 0.0746 e. The van der Waals surface area contributed by atoms with Crippen LogP contribution in [0.1, 0.15) is 34.1 Å². The van der Waals surface area contributed by atoms with Crippen molar-refractivity contribution < 1.29 is 10.2 Å². The quantitative estimate of drug-likeness (QED) is 0.650. The fourth-order valence-electron chi connectivity index (χ4n) is 3.72. The largest absolute Gasteiger partial charge is 0.389 e. The molecule has 2 N–H and O–H groups in total. The second-order valence-electron chi connectivity index (χ2n) is 6.22. The minimum atomic E-state index is -0.730. The third-order valence-corrected chi connectivity index (χ3v) is 5.23. The Kier molecular flexibility index (Phi) is 1.98. The molecule has 15 heavy (non-hydrogen) atoms. The Balaban J connectivity index is 2.40. The minimum Gasteiger partial charge on any atom is -0.389 e. The molecular formula is C13H22O2. The molecule has 0 spiro atoms. The van der Waals surface area contributed by atoms with Gasteiger partial charge in [0, 0.05) is 17.3 Å². The summed E-state index contributed by atoms with van der Waals surface area (Å²) < 4.78 is 0. The molecule has 0 radical (unpaired) electrons. The molecule has 0 saturated heterocycles. The summed E-state index contributed by atoms with van der Waals surface area (Å²) in [5.74, 6) is 0.276. The van der Waals surface area contributed by atoms with E-state index < -0.39 is 11.2 Å². The second-order valence-corrected chi connectivity index (χ2v) is 6.22. The molecule has 2 aliphatic carbocycles. The van der Waals surface area contributed by atoms with Crippen molar-refractivity contribution in [3.63, 3.8) is 0 Å². The summed E-state index contributed by atoms with van der Waals surface area (Å²) in [6.07, 6.45) is 2.52. The van der Waals surface area contributed by atoms with Gasteiger partial charge in [-0.25, -0.2) is 0 Å². The van der Waals surface area contributed by atoms with Crippen LogP contribution in [0.25, 0.3) is 0 Å². The molecule has 2 rings (SSSR count). The van der Waals surface area contributed by atoms with Gasteiger partial charge in [0.15, 0.2) is 0 Å². The van der Waals surface area contributed by atoms with Crippen molar-refractivity contribution >= 4 is 0 Å². The highest BCUT2D eigenvalue weighted by molar-refractivity contribution is 5.29. The van der Waals surface area contributed by atoms with Crippen LogP contribution >= 0.6 is 0 Å². The molecule has 0 heterocycles. The summed E-state index contributed by atoms with van der Waals surface area (Å²) in [5.41, 5.74) is -1.40. The summed E-state index contributed by atoms with van der Waals surface area (Å²) in [6, 6.07) is 0. The van der Waals surface area contributed by atoms with E-state index in [1.165, 1.54) is 0 Å². The molecular weight excluding hydrogens is 188 g/mol. The Hall–Kier alpha value is -0.340. The summed E-state index contributed by atoms with van der Waals surface area (Å²) in [6.45, 7) is 11.9. The Labute approximate surface area is 92.0 Å². The molecule has 2 aliphatic rings. The third kappa shape index (κ3) is 1.07. The van der Waals surface area contributed by atoms with Gasteiger partial charge in [0.1, 0.15) is 0 Å². The number of rotatable bonds is 1. The lowest BCUT2D eigenvalue weighted by atomic mass is 9.69. The highest BCUT2D eigenvalue weighted by atomic mass is 16.3. The average Bonchev–Trinajstić information content (AvgIpc) is 2.50. The van der Waals surface area contributed by atoms with E-state index in [1.807, 2.05) is 19.9 Å². The van der Waals surface area contributed by atoms with Crippen LogP contribution in [-0.2, 0) is 0 Å². The zero-order valence-corrected chi connectivity index (χ0v) is 10.1. The van der Waals surface area contributed by atoms with Gasteiger partial charge >= 0.3 is 0 Å². The van der Waals surface area contributed by atoms with Gasteiger partial charge in [0.05, 0.1) is 11.2 Å². The molecule has 0 unspecified atom stereocenters. The van der Waals surface area contributed by atoms with E-state index in [-0.39, 0.29) is 23.2 Å². The zero-order chi connectivity index (χ0) is 11.6. The molecule has 5 atom stereocenters. The van der Waals surface area contributed by atoms with Gasteiger partial charge in [-0.15, -0.1) is 6.58 Å². The molecule has 0 amide bonds. The summed E-state index contributed by atoms with van der Waals surface area (Å²) in [7, 11) is 0. The standard InChI is InChI=1S/C13H22O2/c1-6-9-10-11(3,4)13(10,15)7-8(2)12(9,5)14/h6,8-10,14-15H,1,7H2,2-5H3/t8-,9+,10-,12-,13+/m1/s1. The molecule has 2 nitrogen and oxygen atoms in total. The fraction of sp³-hybridized carbons (Fsp3) is 0.846. The molecule has 0 aromatic heterocycles. The SMILES string of the molecule is C=C[C@H]1[C@@H]2C(C)(C)[C@]2(O)C[C@@H](C)[C@@]1(C)O. The van der Waals surface area contributed by atoms with E-state index in [4.69, 9.17) is 0 Å². The number of fused-ring (bicyclic) bond motifs is 1. The maximum atomic E-state index is 10.5. The summed E-state index contributed by atoms with van der Waals surface area (Å²) in [4.78, 5) is 0. The molecule has 2 fully saturated rings. The van der Waals surface area contributed by atoms with E-state index in [2.05, 4.69) is 20.4 Å². The lowest BCUT2D eigenvalue weighted by Gasteiger charge is -2.42. The Bertz CT molecular complexity index is 306. The first-order chi connectivity index (χ1) is 6.69. The van der Waals surface area contributed by atoms with Gasteiger partial charge in [-0.1, -0.05) is 26.8 Å². The van der Waals surface area contributed by atoms with Crippen LogP contribution < -0.4 is 0 Å². The minimum absolute atomic E-state index is 0.00116. The molecule has 0 aromatic rings. The predicted octanol–water partition coefficient (Wildman–Crippen LogP) is 1.97. The Morgan fingerprint density at radius 3 is 2.27 bits per heavy atom. The average molecular weight is 210 g/mol. The molecule has 2 saturated carbocycles. The lowest BCUT2D eigenvalue weighted by Crippen LogP contribution is -2.48. The van der Waals surface area contributed by atoms with E-state index >= 15 is 0 Å². The topological polar surface area (TPSA) is 40.5 Å². The highest BCUT2D eigenvalue weighted by Gasteiger charge is 2.77. The monoisotopic (exact) mass is 210 g/mol. The van der Waals surface area contributed by atoms with Gasteiger partial charge in [0.2, 0.25) is 0 Å². The molecule has 0 bridgehead atoms. The lowest BCUT2D eigenvalue weighted by molar-refractivity contribution is -0.0944. The molecule has 0 aromatic carbocycles. The summed E-state index contributed by atoms with van der Waals surface area (Å²) >= 11 is 0. The van der Waals surface area contributed by atoms with E-state index in [0.717, 1.165) is 0 Å². The van der Waals surface area contributed by atoms with Crippen molar-refractivity contribution in [3.05, 3.63) is 12.7 Å². The van der Waals surface area contributed by atoms with Crippen LogP contribution in [0, 0.1) is 23.2 Å². The summed E-state index contributed by atoms with van der Waals surface area (Å²) in [5, 5.41) is 21.0. The maximum absolute atomic E-state index is 10.5.